The highest BCUT2D eigenvalue weighted by Gasteiger charge is 2.26. The van der Waals surface area contributed by atoms with Crippen LogP contribution >= 0.6 is 0 Å². The van der Waals surface area contributed by atoms with Gasteiger partial charge in [0, 0.05) is 6.07 Å². The van der Waals surface area contributed by atoms with E-state index in [-0.39, 0.29) is 11.9 Å². The Morgan fingerprint density at radius 1 is 1.71 bits per heavy atom. The van der Waals surface area contributed by atoms with Gasteiger partial charge >= 0.3 is 0 Å². The van der Waals surface area contributed by atoms with E-state index in [1.807, 2.05) is 0 Å². The zero-order valence-electron chi connectivity index (χ0n) is 10.3. The van der Waals surface area contributed by atoms with E-state index < -0.39 is 0 Å². The lowest BCUT2D eigenvalue weighted by Crippen LogP contribution is -2.46. The van der Waals surface area contributed by atoms with Crippen molar-refractivity contribution in [3.8, 4) is 0 Å². The monoisotopic (exact) mass is 237 g/mol. The van der Waals surface area contributed by atoms with Crippen LogP contribution in [0.15, 0.2) is 10.6 Å². The maximum absolute atomic E-state index is 12.0. The SMILES string of the molecule is CCC1CCNC(C(=O)Nc2cc(C)on2)C1. The predicted molar refractivity (Wildman–Crippen MR) is 64.7 cm³/mol. The van der Waals surface area contributed by atoms with Crippen LogP contribution in [0.25, 0.3) is 0 Å². The molecule has 0 aliphatic carbocycles. The number of piperidine rings is 1. The third-order valence-electron chi connectivity index (χ3n) is 3.29. The van der Waals surface area contributed by atoms with E-state index in [1.165, 1.54) is 0 Å². The van der Waals surface area contributed by atoms with Gasteiger partial charge in [-0.05, 0) is 32.2 Å². The van der Waals surface area contributed by atoms with E-state index in [2.05, 4.69) is 22.7 Å². The van der Waals surface area contributed by atoms with Crippen LogP contribution < -0.4 is 10.6 Å². The number of amides is 1. The Bertz CT molecular complexity index is 389. The molecule has 0 spiro atoms. The van der Waals surface area contributed by atoms with E-state index in [4.69, 9.17) is 4.52 Å². The molecule has 1 aliphatic rings. The molecule has 1 aromatic rings. The number of aromatic nitrogens is 1. The molecule has 17 heavy (non-hydrogen) atoms. The number of hydrogen-bond donors (Lipinski definition) is 2. The minimum Gasteiger partial charge on any atom is -0.360 e. The summed E-state index contributed by atoms with van der Waals surface area (Å²) in [6, 6.07) is 1.61. The van der Waals surface area contributed by atoms with Gasteiger partial charge in [-0.1, -0.05) is 18.5 Å². The van der Waals surface area contributed by atoms with Crippen LogP contribution in [0, 0.1) is 12.8 Å². The lowest BCUT2D eigenvalue weighted by atomic mass is 9.90. The maximum Gasteiger partial charge on any atom is 0.242 e. The van der Waals surface area contributed by atoms with Crippen LogP contribution in [0.3, 0.4) is 0 Å². The van der Waals surface area contributed by atoms with Crippen LogP contribution in [0.2, 0.25) is 0 Å². The molecule has 0 bridgehead atoms. The van der Waals surface area contributed by atoms with E-state index in [1.54, 1.807) is 13.0 Å². The molecular weight excluding hydrogens is 218 g/mol. The molecule has 2 atom stereocenters. The fraction of sp³-hybridized carbons (Fsp3) is 0.667. The third kappa shape index (κ3) is 3.06. The summed E-state index contributed by atoms with van der Waals surface area (Å²) in [5, 5.41) is 9.77. The van der Waals surface area contributed by atoms with Crippen LogP contribution in [0.4, 0.5) is 5.82 Å². The van der Waals surface area contributed by atoms with Gasteiger partial charge in [0.2, 0.25) is 5.91 Å². The fourth-order valence-corrected chi connectivity index (χ4v) is 2.21. The number of carbonyl (C=O) groups excluding carboxylic acids is 1. The van der Waals surface area contributed by atoms with Crippen molar-refractivity contribution < 1.29 is 9.32 Å². The summed E-state index contributed by atoms with van der Waals surface area (Å²) in [5.74, 6) is 1.82. The van der Waals surface area contributed by atoms with Gasteiger partial charge in [-0.2, -0.15) is 0 Å². The topological polar surface area (TPSA) is 67.2 Å². The molecule has 0 radical (unpaired) electrons. The smallest absolute Gasteiger partial charge is 0.242 e. The van der Waals surface area contributed by atoms with Gasteiger partial charge < -0.3 is 15.2 Å². The van der Waals surface area contributed by atoms with Crippen LogP contribution in [-0.4, -0.2) is 23.7 Å². The zero-order chi connectivity index (χ0) is 12.3. The molecule has 1 saturated heterocycles. The van der Waals surface area contributed by atoms with Crippen molar-refractivity contribution in [3.05, 3.63) is 11.8 Å². The molecule has 2 N–H and O–H groups in total. The van der Waals surface area contributed by atoms with Gasteiger partial charge in [0.25, 0.3) is 0 Å². The van der Waals surface area contributed by atoms with Crippen LogP contribution in [-0.2, 0) is 4.79 Å². The molecule has 5 heteroatoms. The fourth-order valence-electron chi connectivity index (χ4n) is 2.21. The quantitative estimate of drug-likeness (QED) is 0.839. The Balaban J connectivity index is 1.91. The standard InChI is InChI=1S/C12H19N3O2/c1-3-9-4-5-13-10(7-9)12(16)14-11-6-8(2)17-15-11/h6,9-10,13H,3-5,7H2,1-2H3,(H,14,15,16). The summed E-state index contributed by atoms with van der Waals surface area (Å²) < 4.78 is 4.91. The third-order valence-corrected chi connectivity index (χ3v) is 3.29. The van der Waals surface area contributed by atoms with Crippen molar-refractivity contribution >= 4 is 11.7 Å². The molecule has 0 aromatic carbocycles. The number of nitrogens with zero attached hydrogens (tertiary/aromatic N) is 1. The summed E-state index contributed by atoms with van der Waals surface area (Å²) in [6.07, 6.45) is 3.19. The second-order valence-corrected chi connectivity index (χ2v) is 4.62. The van der Waals surface area contributed by atoms with Crippen molar-refractivity contribution in [2.24, 2.45) is 5.92 Å². The van der Waals surface area contributed by atoms with Crippen molar-refractivity contribution in [2.45, 2.75) is 39.2 Å². The van der Waals surface area contributed by atoms with E-state index in [0.717, 1.165) is 25.8 Å². The van der Waals surface area contributed by atoms with E-state index >= 15 is 0 Å². The highest BCUT2D eigenvalue weighted by molar-refractivity contribution is 5.94. The normalized spacial score (nSPS) is 24.6. The average Bonchev–Trinajstić information content (AvgIpc) is 2.75. The zero-order valence-corrected chi connectivity index (χ0v) is 10.3. The summed E-state index contributed by atoms with van der Waals surface area (Å²) in [4.78, 5) is 12.0. The molecule has 5 nitrogen and oxygen atoms in total. The van der Waals surface area contributed by atoms with Gasteiger partial charge in [0.1, 0.15) is 5.76 Å². The minimum atomic E-state index is -0.106. The summed E-state index contributed by atoms with van der Waals surface area (Å²) >= 11 is 0. The molecule has 2 unspecified atom stereocenters. The first-order chi connectivity index (χ1) is 8.19. The number of aryl methyl sites for hydroxylation is 1. The minimum absolute atomic E-state index is 0.0172. The summed E-state index contributed by atoms with van der Waals surface area (Å²) in [5.41, 5.74) is 0. The highest BCUT2D eigenvalue weighted by atomic mass is 16.5. The summed E-state index contributed by atoms with van der Waals surface area (Å²) in [6.45, 7) is 4.88. The largest absolute Gasteiger partial charge is 0.360 e. The Kier molecular flexibility index (Phi) is 3.78. The first-order valence-electron chi connectivity index (χ1n) is 6.16. The Morgan fingerprint density at radius 3 is 3.18 bits per heavy atom. The highest BCUT2D eigenvalue weighted by Crippen LogP contribution is 2.20. The number of hydrogen-bond acceptors (Lipinski definition) is 4. The number of anilines is 1. The van der Waals surface area contributed by atoms with Crippen molar-refractivity contribution in [3.63, 3.8) is 0 Å². The molecule has 1 amide bonds. The lowest BCUT2D eigenvalue weighted by molar-refractivity contribution is -0.119. The van der Waals surface area contributed by atoms with Crippen LogP contribution in [0.5, 0.6) is 0 Å². The Labute approximate surface area is 101 Å². The molecule has 1 aromatic heterocycles. The molecule has 1 fully saturated rings. The molecule has 2 rings (SSSR count). The van der Waals surface area contributed by atoms with Gasteiger partial charge in [-0.25, -0.2) is 0 Å². The first kappa shape index (κ1) is 12.1. The second-order valence-electron chi connectivity index (χ2n) is 4.62. The lowest BCUT2D eigenvalue weighted by Gasteiger charge is -2.28. The van der Waals surface area contributed by atoms with Crippen molar-refractivity contribution in [1.29, 1.82) is 0 Å². The maximum atomic E-state index is 12.0. The van der Waals surface area contributed by atoms with Gasteiger partial charge in [-0.3, -0.25) is 4.79 Å². The van der Waals surface area contributed by atoms with Crippen molar-refractivity contribution in [1.82, 2.24) is 10.5 Å². The van der Waals surface area contributed by atoms with E-state index in [0.29, 0.717) is 17.5 Å². The molecular formula is C12H19N3O2. The Morgan fingerprint density at radius 2 is 2.53 bits per heavy atom. The molecule has 1 aliphatic heterocycles. The second kappa shape index (κ2) is 5.31. The number of nitrogens with one attached hydrogen (secondary N) is 2. The first-order valence-corrected chi connectivity index (χ1v) is 6.16. The van der Waals surface area contributed by atoms with Gasteiger partial charge in [0.05, 0.1) is 6.04 Å². The molecule has 2 heterocycles. The Hall–Kier alpha value is -1.36. The predicted octanol–water partition coefficient (Wildman–Crippen LogP) is 1.70. The van der Waals surface area contributed by atoms with Crippen molar-refractivity contribution in [2.75, 3.05) is 11.9 Å². The number of rotatable bonds is 3. The van der Waals surface area contributed by atoms with E-state index in [9.17, 15) is 4.79 Å². The summed E-state index contributed by atoms with van der Waals surface area (Å²) in [7, 11) is 0. The average molecular weight is 237 g/mol. The van der Waals surface area contributed by atoms with Crippen LogP contribution in [0.1, 0.15) is 31.9 Å². The number of carbonyl (C=O) groups is 1. The molecule has 94 valence electrons. The van der Waals surface area contributed by atoms with Gasteiger partial charge in [0.15, 0.2) is 5.82 Å². The van der Waals surface area contributed by atoms with Gasteiger partial charge in [-0.15, -0.1) is 0 Å². The molecule has 0 saturated carbocycles.